The van der Waals surface area contributed by atoms with Crippen molar-refractivity contribution in [3.8, 4) is 16.9 Å². The van der Waals surface area contributed by atoms with Crippen molar-refractivity contribution < 1.29 is 44.6 Å². The summed E-state index contributed by atoms with van der Waals surface area (Å²) in [5.41, 5.74) is -2.35. The summed E-state index contributed by atoms with van der Waals surface area (Å²) in [6.45, 7) is 2.77. The summed E-state index contributed by atoms with van der Waals surface area (Å²) in [4.78, 5) is -4.13. The molecular formula is C28H23BrF8O2. The van der Waals surface area contributed by atoms with E-state index in [-0.39, 0.29) is 23.8 Å². The Balaban J connectivity index is 1.53. The minimum absolute atomic E-state index is 0.0373. The largest absolute Gasteiger partial charge is 0.432 e. The van der Waals surface area contributed by atoms with Crippen LogP contribution in [0, 0.1) is 29.2 Å². The molecule has 3 aromatic rings. The highest BCUT2D eigenvalue weighted by Gasteiger charge is 2.42. The molecule has 39 heavy (non-hydrogen) atoms. The van der Waals surface area contributed by atoms with E-state index in [0.29, 0.717) is 30.2 Å². The van der Waals surface area contributed by atoms with Gasteiger partial charge in [0.1, 0.15) is 40.1 Å². The molecule has 4 rings (SSSR count). The highest BCUT2D eigenvalue weighted by atomic mass is 79.9. The Bertz CT molecular complexity index is 1270. The fourth-order valence-corrected chi connectivity index (χ4v) is 5.07. The van der Waals surface area contributed by atoms with E-state index >= 15 is 0 Å². The summed E-state index contributed by atoms with van der Waals surface area (Å²) in [7, 11) is 0. The molecule has 1 fully saturated rings. The second-order valence-corrected chi connectivity index (χ2v) is 10.4. The Kier molecular flexibility index (Phi) is 8.61. The summed E-state index contributed by atoms with van der Waals surface area (Å²) in [5.74, 6) is -7.89. The van der Waals surface area contributed by atoms with E-state index in [1.54, 1.807) is 40.2 Å². The van der Waals surface area contributed by atoms with Gasteiger partial charge in [0.25, 0.3) is 0 Å². The standard InChI is InChI=1S/C28H23BrF8O2/c1-2-3-15-4-9-24(38-14-15)17-7-5-16(6-8-17)18-10-20(30)26(21(31)11-18)28(36,37)39-19-12-22(32)25(23(33)13-19)27(29,34)35/h5-8,10-13,15,24H,2-4,9,14H2,1H3. The monoisotopic (exact) mass is 622 g/mol. The van der Waals surface area contributed by atoms with Crippen LogP contribution in [0.15, 0.2) is 48.5 Å². The SMILES string of the molecule is CCCC1CCC(c2ccc(-c3cc(F)c(C(F)(F)Oc4cc(F)c(C(F)(F)Br)c(F)c4)c(F)c3)cc2)OC1. The molecule has 1 aliphatic rings. The molecule has 2 atom stereocenters. The number of benzene rings is 3. The van der Waals surface area contributed by atoms with Gasteiger partial charge >= 0.3 is 10.9 Å². The van der Waals surface area contributed by atoms with Gasteiger partial charge in [-0.2, -0.15) is 17.6 Å². The van der Waals surface area contributed by atoms with Crippen LogP contribution in [0.1, 0.15) is 55.4 Å². The molecule has 3 aromatic carbocycles. The fourth-order valence-electron chi connectivity index (χ4n) is 4.69. The first-order valence-electron chi connectivity index (χ1n) is 12.1. The minimum atomic E-state index is -4.73. The minimum Gasteiger partial charge on any atom is -0.429 e. The van der Waals surface area contributed by atoms with Gasteiger partial charge in [0, 0.05) is 12.1 Å². The number of rotatable bonds is 8. The lowest BCUT2D eigenvalue weighted by Gasteiger charge is -2.29. The zero-order valence-corrected chi connectivity index (χ0v) is 22.1. The van der Waals surface area contributed by atoms with Crippen LogP contribution in [-0.2, 0) is 15.7 Å². The van der Waals surface area contributed by atoms with Crippen LogP contribution in [0.2, 0.25) is 0 Å². The fraction of sp³-hybridized carbons (Fsp3) is 0.357. The lowest BCUT2D eigenvalue weighted by molar-refractivity contribution is -0.189. The first-order valence-corrected chi connectivity index (χ1v) is 12.9. The predicted octanol–water partition coefficient (Wildman–Crippen LogP) is 9.75. The van der Waals surface area contributed by atoms with E-state index < -0.39 is 51.1 Å². The Labute approximate surface area is 228 Å². The molecule has 210 valence electrons. The van der Waals surface area contributed by atoms with E-state index in [0.717, 1.165) is 31.2 Å². The lowest BCUT2D eigenvalue weighted by Crippen LogP contribution is -2.25. The van der Waals surface area contributed by atoms with Crippen molar-refractivity contribution in [1.29, 1.82) is 0 Å². The first-order chi connectivity index (χ1) is 18.3. The van der Waals surface area contributed by atoms with Crippen LogP contribution in [0.4, 0.5) is 35.1 Å². The maximum atomic E-state index is 14.8. The van der Waals surface area contributed by atoms with Crippen LogP contribution in [0.25, 0.3) is 11.1 Å². The van der Waals surface area contributed by atoms with Gasteiger partial charge in [0.05, 0.1) is 12.7 Å². The molecule has 1 aliphatic heterocycles. The Morgan fingerprint density at radius 1 is 0.821 bits per heavy atom. The van der Waals surface area contributed by atoms with Gasteiger partial charge in [-0.05, 0) is 69.9 Å². The average Bonchev–Trinajstić information content (AvgIpc) is 2.82. The molecule has 0 radical (unpaired) electrons. The molecule has 0 amide bonds. The molecule has 0 bridgehead atoms. The third kappa shape index (κ3) is 6.57. The quantitative estimate of drug-likeness (QED) is 0.184. The molecule has 0 N–H and O–H groups in total. The number of hydrogen-bond acceptors (Lipinski definition) is 2. The highest BCUT2D eigenvalue weighted by Crippen LogP contribution is 2.42. The summed E-state index contributed by atoms with van der Waals surface area (Å²) in [5, 5.41) is 0. The third-order valence-corrected chi connectivity index (χ3v) is 6.96. The summed E-state index contributed by atoms with van der Waals surface area (Å²) in [6.07, 6.45) is -0.794. The molecule has 11 heteroatoms. The van der Waals surface area contributed by atoms with Gasteiger partial charge in [-0.1, -0.05) is 37.6 Å². The Hall–Kier alpha value is -2.66. The molecular weight excluding hydrogens is 600 g/mol. The van der Waals surface area contributed by atoms with Gasteiger partial charge in [0.2, 0.25) is 0 Å². The van der Waals surface area contributed by atoms with Gasteiger partial charge < -0.3 is 9.47 Å². The van der Waals surface area contributed by atoms with Crippen molar-refractivity contribution in [2.24, 2.45) is 5.92 Å². The molecule has 0 spiro atoms. The highest BCUT2D eigenvalue weighted by molar-refractivity contribution is 9.09. The molecule has 0 saturated carbocycles. The van der Waals surface area contributed by atoms with E-state index in [4.69, 9.17) is 4.74 Å². The third-order valence-electron chi connectivity index (χ3n) is 6.56. The molecule has 1 saturated heterocycles. The average molecular weight is 623 g/mol. The van der Waals surface area contributed by atoms with Crippen LogP contribution in [0.3, 0.4) is 0 Å². The summed E-state index contributed by atoms with van der Waals surface area (Å²) in [6, 6.07) is 8.13. The predicted molar refractivity (Wildman–Crippen MR) is 132 cm³/mol. The van der Waals surface area contributed by atoms with Crippen molar-refractivity contribution >= 4 is 15.9 Å². The number of hydrogen-bond donors (Lipinski definition) is 0. The van der Waals surface area contributed by atoms with E-state index in [9.17, 15) is 35.1 Å². The Morgan fingerprint density at radius 2 is 1.38 bits per heavy atom. The number of ether oxygens (including phenoxy) is 2. The second kappa shape index (κ2) is 11.4. The van der Waals surface area contributed by atoms with Crippen molar-refractivity contribution in [3.05, 3.63) is 88.5 Å². The summed E-state index contributed by atoms with van der Waals surface area (Å²) >= 11 is 1.78. The Morgan fingerprint density at radius 3 is 1.87 bits per heavy atom. The topological polar surface area (TPSA) is 18.5 Å². The normalized spacial score (nSPS) is 18.3. The van der Waals surface area contributed by atoms with Crippen LogP contribution >= 0.6 is 15.9 Å². The molecule has 1 heterocycles. The molecule has 0 aromatic heterocycles. The van der Waals surface area contributed by atoms with Crippen LogP contribution in [0.5, 0.6) is 5.75 Å². The lowest BCUT2D eigenvalue weighted by atomic mass is 9.91. The maximum absolute atomic E-state index is 14.8. The van der Waals surface area contributed by atoms with E-state index in [1.807, 2.05) is 0 Å². The van der Waals surface area contributed by atoms with Crippen molar-refractivity contribution in [1.82, 2.24) is 0 Å². The zero-order valence-electron chi connectivity index (χ0n) is 20.5. The smallest absolute Gasteiger partial charge is 0.429 e. The van der Waals surface area contributed by atoms with Gasteiger partial charge in [0.15, 0.2) is 0 Å². The van der Waals surface area contributed by atoms with Crippen molar-refractivity contribution in [2.75, 3.05) is 6.61 Å². The van der Waals surface area contributed by atoms with Gasteiger partial charge in [-0.3, -0.25) is 0 Å². The van der Waals surface area contributed by atoms with Crippen molar-refractivity contribution in [2.45, 2.75) is 49.7 Å². The van der Waals surface area contributed by atoms with E-state index in [1.165, 1.54) is 0 Å². The number of halogens is 9. The first kappa shape index (κ1) is 29.3. The van der Waals surface area contributed by atoms with Gasteiger partial charge in [-0.25, -0.2) is 17.6 Å². The summed E-state index contributed by atoms with van der Waals surface area (Å²) < 4.78 is 124. The van der Waals surface area contributed by atoms with Crippen LogP contribution < -0.4 is 4.74 Å². The molecule has 2 nitrogen and oxygen atoms in total. The van der Waals surface area contributed by atoms with Gasteiger partial charge in [-0.15, -0.1) is 0 Å². The van der Waals surface area contributed by atoms with Crippen molar-refractivity contribution in [3.63, 3.8) is 0 Å². The zero-order chi connectivity index (χ0) is 28.5. The molecule has 0 aliphatic carbocycles. The van der Waals surface area contributed by atoms with Crippen LogP contribution in [-0.4, -0.2) is 6.61 Å². The maximum Gasteiger partial charge on any atom is 0.432 e. The number of alkyl halides is 5. The molecule has 2 unspecified atom stereocenters. The second-order valence-electron chi connectivity index (χ2n) is 9.37. The van der Waals surface area contributed by atoms with E-state index in [2.05, 4.69) is 11.7 Å².